The lowest BCUT2D eigenvalue weighted by atomic mass is 10.1. The summed E-state index contributed by atoms with van der Waals surface area (Å²) < 4.78 is 47.3. The molecule has 1 aliphatic rings. The monoisotopic (exact) mass is 473 g/mol. The first-order valence-corrected chi connectivity index (χ1v) is 10.4. The number of ether oxygens (including phenoxy) is 1. The van der Waals surface area contributed by atoms with E-state index in [1.807, 2.05) is 0 Å². The van der Waals surface area contributed by atoms with Gasteiger partial charge >= 0.3 is 6.18 Å². The molecule has 3 aromatic rings. The number of likely N-dealkylation sites (tertiary alicyclic amines) is 1. The number of halogens is 3. The number of carbonyl (C=O) groups excluding carboxylic acids is 1. The van der Waals surface area contributed by atoms with Crippen LogP contribution in [0.2, 0.25) is 0 Å². The van der Waals surface area contributed by atoms with Gasteiger partial charge in [0.2, 0.25) is 5.91 Å². The molecular weight excluding hydrogens is 451 g/mol. The fourth-order valence-electron chi connectivity index (χ4n) is 3.83. The molecule has 2 aromatic heterocycles. The molecule has 0 radical (unpaired) electrons. The number of benzene rings is 1. The summed E-state index contributed by atoms with van der Waals surface area (Å²) >= 11 is 0. The van der Waals surface area contributed by atoms with Gasteiger partial charge in [-0.05, 0) is 29.8 Å². The Kier molecular flexibility index (Phi) is 6.38. The van der Waals surface area contributed by atoms with Crippen LogP contribution in [0.5, 0.6) is 0 Å². The molecular formula is C23H22F3N5O3. The number of alkyl halides is 3. The van der Waals surface area contributed by atoms with E-state index in [1.54, 1.807) is 30.2 Å². The van der Waals surface area contributed by atoms with Crippen LogP contribution in [0.3, 0.4) is 0 Å². The van der Waals surface area contributed by atoms with Crippen LogP contribution in [0.4, 0.5) is 13.2 Å². The standard InChI is InChI=1S/C23H22F3N5O3/c1-3-21(32)30-12-19(31-22(33)9-8-18(28-31)16-10-27-29(2)11-16)20(13-30)34-14-15-4-6-17(7-5-15)23(24,25)26/h3-11,19-20H,1,12-14H2,2H3/t19-,20-/m1/s1. The fourth-order valence-corrected chi connectivity index (χ4v) is 3.83. The van der Waals surface area contributed by atoms with E-state index in [9.17, 15) is 22.8 Å². The smallest absolute Gasteiger partial charge is 0.369 e. The lowest BCUT2D eigenvalue weighted by Gasteiger charge is -2.20. The first-order chi connectivity index (χ1) is 16.2. The van der Waals surface area contributed by atoms with Gasteiger partial charge in [0.05, 0.1) is 30.2 Å². The van der Waals surface area contributed by atoms with E-state index in [0.717, 1.165) is 17.7 Å². The molecule has 0 unspecified atom stereocenters. The van der Waals surface area contributed by atoms with Crippen molar-refractivity contribution in [3.05, 3.63) is 82.9 Å². The topological polar surface area (TPSA) is 82.3 Å². The van der Waals surface area contributed by atoms with Gasteiger partial charge < -0.3 is 9.64 Å². The molecule has 1 aromatic carbocycles. The Balaban J connectivity index is 1.59. The molecule has 4 rings (SSSR count). The summed E-state index contributed by atoms with van der Waals surface area (Å²) in [6.45, 7) is 3.87. The van der Waals surface area contributed by atoms with Crippen LogP contribution in [-0.4, -0.2) is 49.6 Å². The van der Waals surface area contributed by atoms with Crippen LogP contribution >= 0.6 is 0 Å². The molecule has 0 N–H and O–H groups in total. The predicted octanol–water partition coefficient (Wildman–Crippen LogP) is 2.82. The van der Waals surface area contributed by atoms with E-state index >= 15 is 0 Å². The van der Waals surface area contributed by atoms with E-state index in [1.165, 1.54) is 33.9 Å². The number of carbonyl (C=O) groups is 1. The third kappa shape index (κ3) is 4.93. The zero-order valence-electron chi connectivity index (χ0n) is 18.3. The number of nitrogens with zero attached hydrogens (tertiary/aromatic N) is 5. The third-order valence-electron chi connectivity index (χ3n) is 5.61. The maximum Gasteiger partial charge on any atom is 0.416 e. The van der Waals surface area contributed by atoms with E-state index in [4.69, 9.17) is 4.74 Å². The fraction of sp³-hybridized carbons (Fsp3) is 0.304. The molecule has 178 valence electrons. The molecule has 34 heavy (non-hydrogen) atoms. The molecule has 1 amide bonds. The van der Waals surface area contributed by atoms with Crippen molar-refractivity contribution < 1.29 is 22.7 Å². The Morgan fingerprint density at radius 1 is 1.21 bits per heavy atom. The summed E-state index contributed by atoms with van der Waals surface area (Å²) in [5, 5.41) is 8.60. The molecule has 8 nitrogen and oxygen atoms in total. The molecule has 11 heteroatoms. The zero-order valence-corrected chi connectivity index (χ0v) is 18.3. The van der Waals surface area contributed by atoms with Crippen LogP contribution in [0, 0.1) is 0 Å². The second-order valence-electron chi connectivity index (χ2n) is 7.96. The van der Waals surface area contributed by atoms with Crippen LogP contribution < -0.4 is 5.56 Å². The number of hydrogen-bond donors (Lipinski definition) is 0. The molecule has 1 fully saturated rings. The van der Waals surface area contributed by atoms with Crippen LogP contribution in [0.1, 0.15) is 17.2 Å². The highest BCUT2D eigenvalue weighted by Crippen LogP contribution is 2.30. The van der Waals surface area contributed by atoms with Crippen LogP contribution in [-0.2, 0) is 29.4 Å². The summed E-state index contributed by atoms with van der Waals surface area (Å²) in [5.74, 6) is -0.318. The van der Waals surface area contributed by atoms with E-state index in [-0.39, 0.29) is 31.2 Å². The molecule has 3 heterocycles. The molecule has 1 saturated heterocycles. The summed E-state index contributed by atoms with van der Waals surface area (Å²) in [6, 6.07) is 7.04. The maximum absolute atomic E-state index is 12.8. The van der Waals surface area contributed by atoms with Gasteiger partial charge in [-0.1, -0.05) is 18.7 Å². The van der Waals surface area contributed by atoms with E-state index in [2.05, 4.69) is 16.8 Å². The number of amides is 1. The maximum atomic E-state index is 12.8. The highest BCUT2D eigenvalue weighted by molar-refractivity contribution is 5.87. The van der Waals surface area contributed by atoms with Crippen molar-refractivity contribution in [1.82, 2.24) is 24.5 Å². The van der Waals surface area contributed by atoms with Gasteiger partial charge in [0, 0.05) is 38.0 Å². The highest BCUT2D eigenvalue weighted by atomic mass is 19.4. The SMILES string of the molecule is C=CC(=O)N1C[C@@H](n2nc(-c3cnn(C)c3)ccc2=O)[C@H](OCc2ccc(C(F)(F)F)cc2)C1. The second kappa shape index (κ2) is 9.26. The Labute approximate surface area is 192 Å². The highest BCUT2D eigenvalue weighted by Gasteiger charge is 2.38. The normalized spacial score (nSPS) is 18.3. The number of aryl methyl sites for hydroxylation is 1. The number of hydrogen-bond acceptors (Lipinski definition) is 5. The molecule has 0 saturated carbocycles. The Morgan fingerprint density at radius 2 is 1.94 bits per heavy atom. The summed E-state index contributed by atoms with van der Waals surface area (Å²) in [7, 11) is 1.76. The van der Waals surface area contributed by atoms with Gasteiger partial charge in [0.15, 0.2) is 0 Å². The van der Waals surface area contributed by atoms with Gasteiger partial charge in [-0.2, -0.15) is 23.4 Å². The predicted molar refractivity (Wildman–Crippen MR) is 117 cm³/mol. The van der Waals surface area contributed by atoms with Crippen molar-refractivity contribution in [2.24, 2.45) is 7.05 Å². The average molecular weight is 473 g/mol. The first-order valence-electron chi connectivity index (χ1n) is 10.4. The quantitative estimate of drug-likeness (QED) is 0.515. The third-order valence-corrected chi connectivity index (χ3v) is 5.61. The molecule has 0 aliphatic carbocycles. The molecule has 0 bridgehead atoms. The van der Waals surface area contributed by atoms with Crippen LogP contribution in [0.25, 0.3) is 11.3 Å². The lowest BCUT2D eigenvalue weighted by Crippen LogP contribution is -2.34. The zero-order chi connectivity index (χ0) is 24.5. The summed E-state index contributed by atoms with van der Waals surface area (Å²) in [6.07, 6.45) is -0.471. The Hall–Kier alpha value is -3.73. The van der Waals surface area contributed by atoms with Crippen molar-refractivity contribution >= 4 is 5.91 Å². The Morgan fingerprint density at radius 3 is 2.56 bits per heavy atom. The molecule has 2 atom stereocenters. The second-order valence-corrected chi connectivity index (χ2v) is 7.96. The largest absolute Gasteiger partial charge is 0.416 e. The molecule has 0 spiro atoms. The van der Waals surface area contributed by atoms with Gasteiger partial charge in [-0.15, -0.1) is 0 Å². The van der Waals surface area contributed by atoms with Crippen LogP contribution in [0.15, 0.2) is 66.2 Å². The van der Waals surface area contributed by atoms with Crippen molar-refractivity contribution in [3.63, 3.8) is 0 Å². The van der Waals surface area contributed by atoms with E-state index in [0.29, 0.717) is 11.3 Å². The van der Waals surface area contributed by atoms with Crippen molar-refractivity contribution in [1.29, 1.82) is 0 Å². The van der Waals surface area contributed by atoms with E-state index < -0.39 is 23.9 Å². The minimum atomic E-state index is -4.42. The number of aromatic nitrogens is 4. The van der Waals surface area contributed by atoms with Crippen molar-refractivity contribution in [3.8, 4) is 11.3 Å². The van der Waals surface area contributed by atoms with Gasteiger partial charge in [0.1, 0.15) is 6.04 Å². The summed E-state index contributed by atoms with van der Waals surface area (Å²) in [5.41, 5.74) is 0.664. The number of rotatable bonds is 6. The van der Waals surface area contributed by atoms with Crippen molar-refractivity contribution in [2.45, 2.75) is 24.9 Å². The Bertz CT molecular complexity index is 1250. The summed E-state index contributed by atoms with van der Waals surface area (Å²) in [4.78, 5) is 26.4. The van der Waals surface area contributed by atoms with Gasteiger partial charge in [0.25, 0.3) is 5.56 Å². The minimum Gasteiger partial charge on any atom is -0.369 e. The van der Waals surface area contributed by atoms with Gasteiger partial charge in [-0.3, -0.25) is 14.3 Å². The first kappa shape index (κ1) is 23.4. The van der Waals surface area contributed by atoms with Crippen molar-refractivity contribution in [2.75, 3.05) is 13.1 Å². The van der Waals surface area contributed by atoms with Gasteiger partial charge in [-0.25, -0.2) is 4.68 Å². The lowest BCUT2D eigenvalue weighted by molar-refractivity contribution is -0.137. The molecule has 1 aliphatic heterocycles. The average Bonchev–Trinajstić information content (AvgIpc) is 3.43. The minimum absolute atomic E-state index is 0.00642.